The molecule has 2 aliphatic heterocycles. The number of nitrogens with zero attached hydrogens (tertiary/aromatic N) is 4. The first-order valence-electron chi connectivity index (χ1n) is 8.50. The van der Waals surface area contributed by atoms with Crippen molar-refractivity contribution in [3.8, 4) is 0 Å². The van der Waals surface area contributed by atoms with E-state index in [4.69, 9.17) is 9.36 Å². The van der Waals surface area contributed by atoms with Crippen LogP contribution in [0.1, 0.15) is 36.3 Å². The minimum Gasteiger partial charge on any atom is -0.593 e. The highest BCUT2D eigenvalue weighted by atomic mass is 32.3. The van der Waals surface area contributed by atoms with Crippen molar-refractivity contribution in [3.63, 3.8) is 0 Å². The van der Waals surface area contributed by atoms with Crippen LogP contribution in [0.25, 0.3) is 0 Å². The van der Waals surface area contributed by atoms with E-state index < -0.39 is 16.0 Å². The molecule has 26 heavy (non-hydrogen) atoms. The van der Waals surface area contributed by atoms with Gasteiger partial charge in [0.25, 0.3) is 0 Å². The molecule has 4 rings (SSSR count). The Morgan fingerprint density at radius 2 is 2.23 bits per heavy atom. The minimum absolute atomic E-state index is 0.154. The molecule has 8 nitrogen and oxygen atoms in total. The lowest BCUT2D eigenvalue weighted by molar-refractivity contribution is -0.0534. The summed E-state index contributed by atoms with van der Waals surface area (Å²) in [5.41, 5.74) is 1.45. The van der Waals surface area contributed by atoms with Gasteiger partial charge in [0, 0.05) is 37.8 Å². The number of piperidine rings is 1. The molecular formula is C17H20N4O4S. The molecule has 2 aromatic rings. The van der Waals surface area contributed by atoms with Crippen LogP contribution in [-0.2, 0) is 19.4 Å². The maximum atomic E-state index is 13.1. The van der Waals surface area contributed by atoms with E-state index in [0.29, 0.717) is 30.8 Å². The van der Waals surface area contributed by atoms with Crippen LogP contribution in [0.4, 0.5) is 0 Å². The second-order valence-electron chi connectivity index (χ2n) is 6.83. The van der Waals surface area contributed by atoms with Gasteiger partial charge in [-0.2, -0.15) is 0 Å². The van der Waals surface area contributed by atoms with Gasteiger partial charge in [0.15, 0.2) is 21.8 Å². The van der Waals surface area contributed by atoms with Gasteiger partial charge in [-0.15, -0.1) is 4.31 Å². The fraction of sp³-hybridized carbons (Fsp3) is 0.471. The van der Waals surface area contributed by atoms with Gasteiger partial charge < -0.3 is 13.9 Å². The molecule has 2 atom stereocenters. The third kappa shape index (κ3) is 2.85. The van der Waals surface area contributed by atoms with Gasteiger partial charge in [-0.3, -0.25) is 4.98 Å². The van der Waals surface area contributed by atoms with Crippen LogP contribution < -0.4 is 0 Å². The summed E-state index contributed by atoms with van der Waals surface area (Å²) in [6.45, 7) is 3.95. The zero-order valence-electron chi connectivity index (χ0n) is 14.7. The smallest absolute Gasteiger partial charge is 0.240 e. The quantitative estimate of drug-likeness (QED) is 0.761. The van der Waals surface area contributed by atoms with Crippen LogP contribution in [-0.4, -0.2) is 43.4 Å². The van der Waals surface area contributed by atoms with Crippen molar-refractivity contribution in [3.05, 3.63) is 41.5 Å². The van der Waals surface area contributed by atoms with E-state index in [1.165, 1.54) is 4.31 Å². The normalized spacial score (nSPS) is 25.7. The van der Waals surface area contributed by atoms with Crippen molar-refractivity contribution in [1.82, 2.24) is 14.4 Å². The van der Waals surface area contributed by atoms with E-state index in [0.717, 1.165) is 17.7 Å². The topological polar surface area (TPSA) is 104 Å². The Bertz CT molecular complexity index is 878. The monoisotopic (exact) mass is 376 g/mol. The molecule has 0 radical (unpaired) electrons. The molecule has 2 aliphatic rings. The van der Waals surface area contributed by atoms with Crippen LogP contribution in [0, 0.1) is 13.8 Å². The average Bonchev–Trinajstić information content (AvgIpc) is 3.19. The molecule has 0 amide bonds. The number of pyridine rings is 1. The number of sulfonamides is 1. The molecule has 0 saturated carbocycles. The SMILES string of the molecule is Cc1noc(C)c1[S+](=O)([O-])N1CCCC2(CC(c3cccnc3)=NO2)C1. The van der Waals surface area contributed by atoms with E-state index in [9.17, 15) is 8.76 Å². The van der Waals surface area contributed by atoms with Gasteiger partial charge in [-0.05, 0) is 31.9 Å². The largest absolute Gasteiger partial charge is 0.593 e. The number of hydrogen-bond acceptors (Lipinski definition) is 7. The summed E-state index contributed by atoms with van der Waals surface area (Å²) in [6, 6.07) is 3.77. The summed E-state index contributed by atoms with van der Waals surface area (Å²) in [7, 11) is -3.69. The summed E-state index contributed by atoms with van der Waals surface area (Å²) >= 11 is 0. The molecule has 0 N–H and O–H groups in total. The van der Waals surface area contributed by atoms with Crippen molar-refractivity contribution >= 4 is 16.1 Å². The Morgan fingerprint density at radius 3 is 2.92 bits per heavy atom. The van der Waals surface area contributed by atoms with Crippen molar-refractivity contribution in [2.45, 2.75) is 43.6 Å². The lowest BCUT2D eigenvalue weighted by atomic mass is 9.88. The molecule has 1 fully saturated rings. The third-order valence-electron chi connectivity index (χ3n) is 4.90. The summed E-state index contributed by atoms with van der Waals surface area (Å²) < 4.78 is 32.7. The minimum atomic E-state index is -3.69. The van der Waals surface area contributed by atoms with E-state index in [1.54, 1.807) is 26.2 Å². The van der Waals surface area contributed by atoms with E-state index in [2.05, 4.69) is 15.3 Å². The number of oxime groups is 1. The van der Waals surface area contributed by atoms with Crippen molar-refractivity contribution in [2.75, 3.05) is 13.1 Å². The van der Waals surface area contributed by atoms with Gasteiger partial charge in [0.2, 0.25) is 4.90 Å². The summed E-state index contributed by atoms with van der Waals surface area (Å²) in [6.07, 6.45) is 5.47. The molecular weight excluding hydrogens is 356 g/mol. The first-order valence-corrected chi connectivity index (χ1v) is 9.94. The molecule has 2 aromatic heterocycles. The van der Waals surface area contributed by atoms with E-state index in [1.807, 2.05) is 12.1 Å². The fourth-order valence-corrected chi connectivity index (χ4v) is 5.51. The Morgan fingerprint density at radius 1 is 1.38 bits per heavy atom. The van der Waals surface area contributed by atoms with Crippen LogP contribution in [0.5, 0.6) is 0 Å². The van der Waals surface area contributed by atoms with Crippen molar-refractivity contribution < 1.29 is 18.1 Å². The van der Waals surface area contributed by atoms with E-state index in [-0.39, 0.29) is 11.4 Å². The molecule has 1 spiro atoms. The Labute approximate surface area is 152 Å². The Balaban J connectivity index is 1.57. The molecule has 0 bridgehead atoms. The van der Waals surface area contributed by atoms with Crippen LogP contribution in [0.15, 0.2) is 39.1 Å². The molecule has 2 unspecified atom stereocenters. The highest BCUT2D eigenvalue weighted by Crippen LogP contribution is 2.38. The van der Waals surface area contributed by atoms with Crippen molar-refractivity contribution in [1.29, 1.82) is 0 Å². The predicted octanol–water partition coefficient (Wildman–Crippen LogP) is 2.25. The second kappa shape index (κ2) is 6.26. The lowest BCUT2D eigenvalue weighted by Gasteiger charge is -2.38. The van der Waals surface area contributed by atoms with Crippen LogP contribution in [0.3, 0.4) is 0 Å². The van der Waals surface area contributed by atoms with Crippen LogP contribution in [0.2, 0.25) is 0 Å². The number of rotatable bonds is 3. The van der Waals surface area contributed by atoms with Crippen molar-refractivity contribution in [2.24, 2.45) is 5.16 Å². The number of hydrogen-bond donors (Lipinski definition) is 0. The van der Waals surface area contributed by atoms with Gasteiger partial charge in [-0.1, -0.05) is 14.5 Å². The summed E-state index contributed by atoms with van der Waals surface area (Å²) in [5, 5.41) is 8.00. The molecule has 0 aliphatic carbocycles. The molecule has 0 aromatic carbocycles. The molecule has 4 heterocycles. The van der Waals surface area contributed by atoms with Gasteiger partial charge in [0.05, 0.1) is 12.3 Å². The highest BCUT2D eigenvalue weighted by molar-refractivity contribution is 7.95. The van der Waals surface area contributed by atoms with Gasteiger partial charge >= 0.3 is 0 Å². The average molecular weight is 376 g/mol. The number of aromatic nitrogens is 2. The molecule has 9 heteroatoms. The van der Waals surface area contributed by atoms with Crippen LogP contribution >= 0.6 is 0 Å². The number of aryl methyl sites for hydroxylation is 2. The zero-order valence-corrected chi connectivity index (χ0v) is 15.5. The maximum Gasteiger partial charge on any atom is 0.240 e. The second-order valence-corrected chi connectivity index (χ2v) is 8.70. The van der Waals surface area contributed by atoms with Gasteiger partial charge in [0.1, 0.15) is 5.69 Å². The Kier molecular flexibility index (Phi) is 4.17. The Hall–Kier alpha value is -2.10. The van der Waals surface area contributed by atoms with Gasteiger partial charge in [-0.25, -0.2) is 0 Å². The van der Waals surface area contributed by atoms with E-state index >= 15 is 0 Å². The predicted molar refractivity (Wildman–Crippen MR) is 93.1 cm³/mol. The first kappa shape index (κ1) is 17.3. The zero-order chi connectivity index (χ0) is 18.4. The molecule has 138 valence electrons. The fourth-order valence-electron chi connectivity index (χ4n) is 3.66. The highest BCUT2D eigenvalue weighted by Gasteiger charge is 2.49. The third-order valence-corrected chi connectivity index (χ3v) is 6.99. The maximum absolute atomic E-state index is 13.1. The molecule has 1 saturated heterocycles. The lowest BCUT2D eigenvalue weighted by Crippen LogP contribution is -2.52. The standard InChI is InChI=1S/C17H20N4O4S/c1-12-16(13(2)24-19-12)26(22,23)21-8-4-6-17(11-21)9-15(20-25-17)14-5-3-7-18-10-14/h3,5,7,10H,4,6,8-9,11H2,1-2H3. The first-order chi connectivity index (χ1) is 12.4. The summed E-state index contributed by atoms with van der Waals surface area (Å²) in [4.78, 5) is 10.0. The summed E-state index contributed by atoms with van der Waals surface area (Å²) in [5.74, 6) is 0.307.